The molecule has 4 heteroatoms. The molecule has 0 aliphatic carbocycles. The lowest BCUT2D eigenvalue weighted by molar-refractivity contribution is 0.603. The maximum atomic E-state index is 4.55. The molecule has 1 aromatic carbocycles. The molecule has 20 heavy (non-hydrogen) atoms. The number of hydrogen-bond donors (Lipinski definition) is 1. The van der Waals surface area contributed by atoms with Crippen LogP contribution in [0.5, 0.6) is 0 Å². The number of nitrogens with zero attached hydrogens (tertiary/aromatic N) is 3. The van der Waals surface area contributed by atoms with E-state index in [0.29, 0.717) is 0 Å². The van der Waals surface area contributed by atoms with Gasteiger partial charge in [-0.25, -0.2) is 0 Å². The van der Waals surface area contributed by atoms with Gasteiger partial charge in [0.05, 0.1) is 11.7 Å². The second-order valence-electron chi connectivity index (χ2n) is 4.85. The Balaban J connectivity index is 2.14. The maximum Gasteiger partial charge on any atom is 0.0839 e. The van der Waals surface area contributed by atoms with Crippen molar-refractivity contribution in [3.63, 3.8) is 0 Å². The van der Waals surface area contributed by atoms with Gasteiger partial charge >= 0.3 is 0 Å². The first kappa shape index (κ1) is 12.8. The summed E-state index contributed by atoms with van der Waals surface area (Å²) in [5.41, 5.74) is 2.25. The van der Waals surface area contributed by atoms with Gasteiger partial charge in [0, 0.05) is 31.0 Å². The van der Waals surface area contributed by atoms with Gasteiger partial charge < -0.3 is 5.32 Å². The molecule has 3 aromatic rings. The third-order valence-corrected chi connectivity index (χ3v) is 3.47. The zero-order valence-corrected chi connectivity index (χ0v) is 11.7. The van der Waals surface area contributed by atoms with E-state index in [1.165, 1.54) is 16.3 Å². The van der Waals surface area contributed by atoms with Crippen molar-refractivity contribution in [3.05, 3.63) is 60.2 Å². The number of fused-ring (bicyclic) bond motifs is 1. The summed E-state index contributed by atoms with van der Waals surface area (Å²) in [7, 11) is 1.94. The molecule has 3 rings (SSSR count). The Labute approximate surface area is 118 Å². The molecule has 1 N–H and O–H groups in total. The normalized spacial score (nSPS) is 12.7. The summed E-state index contributed by atoms with van der Waals surface area (Å²) in [6.07, 6.45) is 5.73. The van der Waals surface area contributed by atoms with Crippen molar-refractivity contribution in [2.45, 2.75) is 13.0 Å². The van der Waals surface area contributed by atoms with Gasteiger partial charge in [0.15, 0.2) is 0 Å². The van der Waals surface area contributed by atoms with E-state index in [9.17, 15) is 0 Å². The number of benzene rings is 1. The van der Waals surface area contributed by atoms with E-state index in [4.69, 9.17) is 0 Å². The first-order valence-electron chi connectivity index (χ1n) is 6.85. The fourth-order valence-corrected chi connectivity index (χ4v) is 2.55. The Morgan fingerprint density at radius 3 is 2.90 bits per heavy atom. The van der Waals surface area contributed by atoms with Crippen LogP contribution in [0.1, 0.15) is 24.2 Å². The Hall–Kier alpha value is -2.20. The number of hydrogen-bond acceptors (Lipinski definition) is 3. The van der Waals surface area contributed by atoms with E-state index < -0.39 is 0 Å². The molecule has 0 amide bonds. The van der Waals surface area contributed by atoms with E-state index in [0.717, 1.165) is 12.2 Å². The van der Waals surface area contributed by atoms with Crippen molar-refractivity contribution in [2.75, 3.05) is 6.54 Å². The van der Waals surface area contributed by atoms with Gasteiger partial charge in [-0.3, -0.25) is 9.67 Å². The molecular formula is C16H18N4. The molecular weight excluding hydrogens is 248 g/mol. The number of aromatic nitrogens is 3. The second kappa shape index (κ2) is 5.43. The zero-order valence-electron chi connectivity index (χ0n) is 11.7. The summed E-state index contributed by atoms with van der Waals surface area (Å²) < 4.78 is 1.84. The quantitative estimate of drug-likeness (QED) is 0.789. The first-order chi connectivity index (χ1) is 9.79. The Morgan fingerprint density at radius 1 is 1.25 bits per heavy atom. The lowest BCUT2D eigenvalue weighted by Gasteiger charge is -2.18. The molecule has 2 heterocycles. The molecule has 1 unspecified atom stereocenters. The van der Waals surface area contributed by atoms with Crippen LogP contribution in [0.15, 0.2) is 48.9 Å². The largest absolute Gasteiger partial charge is 0.305 e. The van der Waals surface area contributed by atoms with Crippen LogP contribution in [0.4, 0.5) is 0 Å². The highest BCUT2D eigenvalue weighted by atomic mass is 15.3. The molecule has 0 fully saturated rings. The zero-order chi connectivity index (χ0) is 13.9. The van der Waals surface area contributed by atoms with Crippen LogP contribution in [0.2, 0.25) is 0 Å². The first-order valence-corrected chi connectivity index (χ1v) is 6.85. The molecule has 0 spiro atoms. The highest BCUT2D eigenvalue weighted by molar-refractivity contribution is 5.85. The Bertz CT molecular complexity index is 712. The van der Waals surface area contributed by atoms with E-state index in [2.05, 4.69) is 46.6 Å². The van der Waals surface area contributed by atoms with Crippen LogP contribution in [-0.2, 0) is 7.05 Å². The van der Waals surface area contributed by atoms with E-state index in [1.807, 2.05) is 36.4 Å². The molecule has 0 radical (unpaired) electrons. The van der Waals surface area contributed by atoms with Gasteiger partial charge in [-0.15, -0.1) is 0 Å². The van der Waals surface area contributed by atoms with Gasteiger partial charge in [-0.05, 0) is 29.6 Å². The Kier molecular flexibility index (Phi) is 3.48. The average Bonchev–Trinajstić information content (AvgIpc) is 2.91. The molecule has 2 aromatic heterocycles. The smallest absolute Gasteiger partial charge is 0.0839 e. The number of aryl methyl sites for hydroxylation is 1. The lowest BCUT2D eigenvalue weighted by atomic mass is 9.98. The molecule has 0 aliphatic heterocycles. The van der Waals surface area contributed by atoms with Gasteiger partial charge in [-0.2, -0.15) is 5.10 Å². The highest BCUT2D eigenvalue weighted by Crippen LogP contribution is 2.27. The number of pyridine rings is 1. The predicted molar refractivity (Wildman–Crippen MR) is 80.5 cm³/mol. The summed E-state index contributed by atoms with van der Waals surface area (Å²) in [6, 6.07) is 10.5. The van der Waals surface area contributed by atoms with Crippen LogP contribution in [0, 0.1) is 0 Å². The van der Waals surface area contributed by atoms with Gasteiger partial charge in [0.25, 0.3) is 0 Å². The number of rotatable bonds is 4. The summed E-state index contributed by atoms with van der Waals surface area (Å²) in [5, 5.41) is 10.4. The van der Waals surface area contributed by atoms with Gasteiger partial charge in [-0.1, -0.05) is 25.1 Å². The predicted octanol–water partition coefficient (Wildman–Crippen LogP) is 2.67. The molecule has 0 bridgehead atoms. The lowest BCUT2D eigenvalue weighted by Crippen LogP contribution is -2.22. The van der Waals surface area contributed by atoms with Crippen LogP contribution in [0.3, 0.4) is 0 Å². The summed E-state index contributed by atoms with van der Waals surface area (Å²) in [4.78, 5) is 4.26. The summed E-state index contributed by atoms with van der Waals surface area (Å²) >= 11 is 0. The molecule has 4 nitrogen and oxygen atoms in total. The minimum Gasteiger partial charge on any atom is -0.305 e. The van der Waals surface area contributed by atoms with Crippen LogP contribution in [0.25, 0.3) is 10.8 Å². The summed E-state index contributed by atoms with van der Waals surface area (Å²) in [6.45, 7) is 3.00. The molecule has 102 valence electrons. The van der Waals surface area contributed by atoms with Crippen LogP contribution < -0.4 is 5.32 Å². The number of nitrogens with one attached hydrogen (secondary N) is 1. The minimum absolute atomic E-state index is 0.0918. The average molecular weight is 266 g/mol. The highest BCUT2D eigenvalue weighted by Gasteiger charge is 2.17. The SMILES string of the molecule is CCNC(c1ccn(C)n1)c1cccc2ccncc12. The summed E-state index contributed by atoms with van der Waals surface area (Å²) in [5.74, 6) is 0. The van der Waals surface area contributed by atoms with Crippen LogP contribution >= 0.6 is 0 Å². The standard InChI is InChI=1S/C16H18N4/c1-3-18-16(15-8-10-20(2)19-15)13-6-4-5-12-7-9-17-11-14(12)13/h4-11,16,18H,3H2,1-2H3. The van der Waals surface area contributed by atoms with Gasteiger partial charge in [0.1, 0.15) is 0 Å². The fourth-order valence-electron chi connectivity index (χ4n) is 2.55. The molecule has 0 aliphatic rings. The molecule has 1 atom stereocenters. The van der Waals surface area contributed by atoms with Crippen LogP contribution in [-0.4, -0.2) is 21.3 Å². The second-order valence-corrected chi connectivity index (χ2v) is 4.85. The monoisotopic (exact) mass is 266 g/mol. The maximum absolute atomic E-state index is 4.55. The van der Waals surface area contributed by atoms with E-state index in [-0.39, 0.29) is 6.04 Å². The fraction of sp³-hybridized carbons (Fsp3) is 0.250. The van der Waals surface area contributed by atoms with Gasteiger partial charge in [0.2, 0.25) is 0 Å². The van der Waals surface area contributed by atoms with E-state index >= 15 is 0 Å². The third-order valence-electron chi connectivity index (χ3n) is 3.47. The van der Waals surface area contributed by atoms with Crippen molar-refractivity contribution >= 4 is 10.8 Å². The third kappa shape index (κ3) is 2.30. The molecule has 0 saturated carbocycles. The Morgan fingerprint density at radius 2 is 2.15 bits per heavy atom. The van der Waals surface area contributed by atoms with Crippen molar-refractivity contribution in [1.29, 1.82) is 0 Å². The van der Waals surface area contributed by atoms with Crippen molar-refractivity contribution in [1.82, 2.24) is 20.1 Å². The van der Waals surface area contributed by atoms with Crippen molar-refractivity contribution < 1.29 is 0 Å². The van der Waals surface area contributed by atoms with Crippen molar-refractivity contribution in [2.24, 2.45) is 7.05 Å². The molecule has 0 saturated heterocycles. The van der Waals surface area contributed by atoms with E-state index in [1.54, 1.807) is 0 Å². The topological polar surface area (TPSA) is 42.7 Å². The minimum atomic E-state index is 0.0918. The van der Waals surface area contributed by atoms with Crippen molar-refractivity contribution in [3.8, 4) is 0 Å².